The minimum atomic E-state index is -0.384. The predicted molar refractivity (Wildman–Crippen MR) is 102 cm³/mol. The van der Waals surface area contributed by atoms with Crippen molar-refractivity contribution in [1.82, 2.24) is 0 Å². The Morgan fingerprint density at radius 2 is 1.79 bits per heavy atom. The molecule has 0 radical (unpaired) electrons. The second kappa shape index (κ2) is 7.74. The number of benzene rings is 2. The van der Waals surface area contributed by atoms with E-state index < -0.39 is 0 Å². The lowest BCUT2D eigenvalue weighted by molar-refractivity contribution is -0.118. The summed E-state index contributed by atoms with van der Waals surface area (Å²) in [6, 6.07) is 9.33. The molecule has 24 heavy (non-hydrogen) atoms. The van der Waals surface area contributed by atoms with E-state index in [2.05, 4.69) is 10.6 Å². The summed E-state index contributed by atoms with van der Waals surface area (Å²) in [5, 5.41) is 5.61. The van der Waals surface area contributed by atoms with Gasteiger partial charge in [-0.25, -0.2) is 4.39 Å². The first kappa shape index (κ1) is 18.4. The number of nitrogens with one attached hydrogen (secondary N) is 2. The maximum Gasteiger partial charge on any atom is 0.256 e. The number of hydrogen-bond acceptors (Lipinski definition) is 2. The SMILES string of the molecule is Cc1ccc(NC(=O)C(C)C)cc1NC(=O)c1ccc(F)cc1I. The van der Waals surface area contributed by atoms with Crippen LogP contribution in [0.25, 0.3) is 0 Å². The fourth-order valence-electron chi connectivity index (χ4n) is 1.98. The molecule has 0 fully saturated rings. The van der Waals surface area contributed by atoms with Crippen LogP contribution in [-0.4, -0.2) is 11.8 Å². The van der Waals surface area contributed by atoms with Gasteiger partial charge in [-0.1, -0.05) is 19.9 Å². The van der Waals surface area contributed by atoms with Gasteiger partial charge in [0.05, 0.1) is 5.56 Å². The zero-order valence-electron chi connectivity index (χ0n) is 13.6. The molecule has 0 aliphatic rings. The van der Waals surface area contributed by atoms with Crippen LogP contribution in [0.15, 0.2) is 36.4 Å². The maximum absolute atomic E-state index is 13.2. The van der Waals surface area contributed by atoms with E-state index in [1.807, 2.05) is 49.4 Å². The molecule has 0 atom stereocenters. The number of amides is 2. The van der Waals surface area contributed by atoms with E-state index in [1.165, 1.54) is 18.2 Å². The van der Waals surface area contributed by atoms with Gasteiger partial charge in [0, 0.05) is 20.9 Å². The molecule has 2 amide bonds. The highest BCUT2D eigenvalue weighted by molar-refractivity contribution is 14.1. The molecular formula is C18H18FIN2O2. The van der Waals surface area contributed by atoms with Gasteiger partial charge in [-0.15, -0.1) is 0 Å². The van der Waals surface area contributed by atoms with Crippen molar-refractivity contribution in [1.29, 1.82) is 0 Å². The van der Waals surface area contributed by atoms with E-state index in [0.717, 1.165) is 5.56 Å². The van der Waals surface area contributed by atoms with Crippen LogP contribution in [0, 0.1) is 22.2 Å². The van der Waals surface area contributed by atoms with Gasteiger partial charge in [0.1, 0.15) is 5.82 Å². The molecule has 0 aromatic heterocycles. The number of rotatable bonds is 4. The summed E-state index contributed by atoms with van der Waals surface area (Å²) < 4.78 is 13.7. The minimum Gasteiger partial charge on any atom is -0.326 e. The summed E-state index contributed by atoms with van der Waals surface area (Å²) in [6.07, 6.45) is 0. The van der Waals surface area contributed by atoms with Crippen LogP contribution in [0.4, 0.5) is 15.8 Å². The lowest BCUT2D eigenvalue weighted by Crippen LogP contribution is -2.18. The molecule has 2 rings (SSSR count). The quantitative estimate of drug-likeness (QED) is 0.684. The number of carbonyl (C=O) groups is 2. The van der Waals surface area contributed by atoms with Crippen LogP contribution in [0.2, 0.25) is 0 Å². The van der Waals surface area contributed by atoms with E-state index in [4.69, 9.17) is 0 Å². The molecular weight excluding hydrogens is 422 g/mol. The van der Waals surface area contributed by atoms with Gasteiger partial charge in [0.2, 0.25) is 5.91 Å². The van der Waals surface area contributed by atoms with Gasteiger partial charge in [0.15, 0.2) is 0 Å². The largest absolute Gasteiger partial charge is 0.326 e. The third kappa shape index (κ3) is 4.53. The molecule has 2 aromatic rings. The molecule has 4 nitrogen and oxygen atoms in total. The Morgan fingerprint density at radius 1 is 1.08 bits per heavy atom. The number of carbonyl (C=O) groups excluding carboxylic acids is 2. The Labute approximate surface area is 154 Å². The Bertz CT molecular complexity index is 791. The monoisotopic (exact) mass is 440 g/mol. The molecule has 0 unspecified atom stereocenters. The summed E-state index contributed by atoms with van der Waals surface area (Å²) in [4.78, 5) is 24.2. The summed E-state index contributed by atoms with van der Waals surface area (Å²) in [5.41, 5.74) is 2.47. The van der Waals surface area contributed by atoms with E-state index >= 15 is 0 Å². The second-order valence-electron chi connectivity index (χ2n) is 5.75. The van der Waals surface area contributed by atoms with E-state index in [9.17, 15) is 14.0 Å². The number of hydrogen-bond donors (Lipinski definition) is 2. The van der Waals surface area contributed by atoms with Gasteiger partial charge in [-0.05, 0) is 65.4 Å². The van der Waals surface area contributed by atoms with E-state index in [-0.39, 0.29) is 23.5 Å². The van der Waals surface area contributed by atoms with Crippen molar-refractivity contribution in [3.63, 3.8) is 0 Å². The van der Waals surface area contributed by atoms with Crippen LogP contribution in [0.5, 0.6) is 0 Å². The first-order valence-corrected chi connectivity index (χ1v) is 8.53. The van der Waals surface area contributed by atoms with Crippen LogP contribution in [0.3, 0.4) is 0 Å². The molecule has 2 N–H and O–H groups in total. The Balaban J connectivity index is 2.22. The highest BCUT2D eigenvalue weighted by Gasteiger charge is 2.13. The highest BCUT2D eigenvalue weighted by atomic mass is 127. The van der Waals surface area contributed by atoms with Crippen molar-refractivity contribution >= 4 is 45.8 Å². The molecule has 0 aliphatic carbocycles. The van der Waals surface area contributed by atoms with Crippen molar-refractivity contribution in [3.05, 3.63) is 56.9 Å². The smallest absolute Gasteiger partial charge is 0.256 e. The lowest BCUT2D eigenvalue weighted by Gasteiger charge is -2.13. The molecule has 0 aliphatic heterocycles. The fraction of sp³-hybridized carbons (Fsp3) is 0.222. The molecule has 2 aromatic carbocycles. The van der Waals surface area contributed by atoms with Crippen LogP contribution in [-0.2, 0) is 4.79 Å². The zero-order chi connectivity index (χ0) is 17.9. The van der Waals surface area contributed by atoms with Crippen molar-refractivity contribution in [2.75, 3.05) is 10.6 Å². The molecule has 6 heteroatoms. The standard InChI is InChI=1S/C18H18FIN2O2/c1-10(2)17(23)21-13-6-4-11(3)16(9-13)22-18(24)14-7-5-12(19)8-15(14)20/h4-10H,1-3H3,(H,21,23)(H,22,24). The molecule has 0 heterocycles. The minimum absolute atomic E-state index is 0.0933. The molecule has 0 saturated heterocycles. The first-order valence-electron chi connectivity index (χ1n) is 7.46. The zero-order valence-corrected chi connectivity index (χ0v) is 15.8. The lowest BCUT2D eigenvalue weighted by atomic mass is 10.1. The molecule has 0 saturated carbocycles. The predicted octanol–water partition coefficient (Wildman–Crippen LogP) is 4.59. The highest BCUT2D eigenvalue weighted by Crippen LogP contribution is 2.23. The number of anilines is 2. The summed E-state index contributed by atoms with van der Waals surface area (Å²) >= 11 is 1.92. The van der Waals surface area contributed by atoms with Crippen molar-refractivity contribution in [3.8, 4) is 0 Å². The molecule has 126 valence electrons. The van der Waals surface area contributed by atoms with Crippen molar-refractivity contribution < 1.29 is 14.0 Å². The van der Waals surface area contributed by atoms with Crippen LogP contribution in [0.1, 0.15) is 29.8 Å². The fourth-order valence-corrected chi connectivity index (χ4v) is 2.71. The van der Waals surface area contributed by atoms with Crippen molar-refractivity contribution in [2.45, 2.75) is 20.8 Å². The topological polar surface area (TPSA) is 58.2 Å². The van der Waals surface area contributed by atoms with Gasteiger partial charge in [-0.3, -0.25) is 9.59 Å². The third-order valence-electron chi connectivity index (χ3n) is 3.45. The average Bonchev–Trinajstić information content (AvgIpc) is 2.50. The van der Waals surface area contributed by atoms with E-state index in [0.29, 0.717) is 20.5 Å². The van der Waals surface area contributed by atoms with Crippen molar-refractivity contribution in [2.24, 2.45) is 5.92 Å². The summed E-state index contributed by atoms with van der Waals surface area (Å²) in [5.74, 6) is -0.935. The summed E-state index contributed by atoms with van der Waals surface area (Å²) in [6.45, 7) is 5.48. The molecule has 0 bridgehead atoms. The Hall–Kier alpha value is -1.96. The van der Waals surface area contributed by atoms with Gasteiger partial charge in [-0.2, -0.15) is 0 Å². The Morgan fingerprint density at radius 3 is 2.42 bits per heavy atom. The van der Waals surface area contributed by atoms with Crippen LogP contribution < -0.4 is 10.6 Å². The van der Waals surface area contributed by atoms with Gasteiger partial charge < -0.3 is 10.6 Å². The molecule has 0 spiro atoms. The number of halogens is 2. The Kier molecular flexibility index (Phi) is 5.93. The second-order valence-corrected chi connectivity index (χ2v) is 6.91. The van der Waals surface area contributed by atoms with Gasteiger partial charge >= 0.3 is 0 Å². The summed E-state index contributed by atoms with van der Waals surface area (Å²) in [7, 11) is 0. The number of aryl methyl sites for hydroxylation is 1. The first-order chi connectivity index (χ1) is 11.3. The van der Waals surface area contributed by atoms with Gasteiger partial charge in [0.25, 0.3) is 5.91 Å². The maximum atomic E-state index is 13.2. The normalized spacial score (nSPS) is 10.6. The average molecular weight is 440 g/mol. The van der Waals surface area contributed by atoms with Crippen LogP contribution >= 0.6 is 22.6 Å². The third-order valence-corrected chi connectivity index (χ3v) is 4.35. The van der Waals surface area contributed by atoms with E-state index in [1.54, 1.807) is 12.1 Å².